The highest BCUT2D eigenvalue weighted by Crippen LogP contribution is 2.31. The van der Waals surface area contributed by atoms with Crippen LogP contribution in [0.2, 0.25) is 0 Å². The second-order valence-corrected chi connectivity index (χ2v) is 9.14. The van der Waals surface area contributed by atoms with E-state index in [2.05, 4.69) is 45.5 Å². The number of likely N-dealkylation sites (tertiary alicyclic amines) is 1. The third kappa shape index (κ3) is 5.61. The van der Waals surface area contributed by atoms with Gasteiger partial charge in [-0.05, 0) is 60.2 Å². The van der Waals surface area contributed by atoms with E-state index in [0.29, 0.717) is 35.2 Å². The zero-order chi connectivity index (χ0) is 21.6. The van der Waals surface area contributed by atoms with Gasteiger partial charge in [-0.2, -0.15) is 5.21 Å². The monoisotopic (exact) mass is 438 g/mol. The molecule has 1 unspecified atom stereocenters. The number of thioether (sulfide) groups is 1. The topological polar surface area (TPSA) is 96.9 Å². The number of tetrazole rings is 1. The number of aryl methyl sites for hydroxylation is 1. The number of rotatable bonds is 6. The summed E-state index contributed by atoms with van der Waals surface area (Å²) in [5.74, 6) is 1.07. The molecular formula is C22H26N6O2S. The van der Waals surface area contributed by atoms with E-state index in [4.69, 9.17) is 4.74 Å². The lowest BCUT2D eigenvalue weighted by Crippen LogP contribution is -2.41. The van der Waals surface area contributed by atoms with Gasteiger partial charge in [0, 0.05) is 36.7 Å². The molecule has 1 fully saturated rings. The fourth-order valence-electron chi connectivity index (χ4n) is 3.75. The average Bonchev–Trinajstić information content (AvgIpc) is 3.30. The highest BCUT2D eigenvalue weighted by Gasteiger charge is 2.28. The zero-order valence-corrected chi connectivity index (χ0v) is 18.5. The summed E-state index contributed by atoms with van der Waals surface area (Å²) in [5, 5.41) is 15.1. The number of amides is 1. The first-order chi connectivity index (χ1) is 15.1. The largest absolute Gasteiger partial charge is 0.415 e. The first kappa shape index (κ1) is 21.3. The van der Waals surface area contributed by atoms with Crippen molar-refractivity contribution in [1.29, 1.82) is 0 Å². The summed E-state index contributed by atoms with van der Waals surface area (Å²) in [6.07, 6.45) is 4.15. The van der Waals surface area contributed by atoms with E-state index in [-0.39, 0.29) is 6.09 Å². The minimum atomic E-state index is -0.287. The molecule has 3 aromatic rings. The Bertz CT molecular complexity index is 988. The molecular weight excluding hydrogens is 412 g/mol. The van der Waals surface area contributed by atoms with Gasteiger partial charge in [-0.25, -0.2) is 4.79 Å². The fraction of sp³-hybridized carbons (Fsp3) is 0.409. The number of nitrogens with zero attached hydrogens (tertiary/aromatic N) is 5. The molecule has 2 aromatic heterocycles. The van der Waals surface area contributed by atoms with Crippen LogP contribution in [0.15, 0.2) is 47.8 Å². The Balaban J connectivity index is 1.25. The molecule has 31 heavy (non-hydrogen) atoms. The number of benzene rings is 1. The molecule has 162 valence electrons. The third-order valence-corrected chi connectivity index (χ3v) is 6.84. The van der Waals surface area contributed by atoms with Crippen LogP contribution < -0.4 is 4.74 Å². The summed E-state index contributed by atoms with van der Waals surface area (Å²) in [6, 6.07) is 11.7. The van der Waals surface area contributed by atoms with Crippen LogP contribution in [-0.2, 0) is 6.42 Å². The maximum atomic E-state index is 12.6. The predicted molar refractivity (Wildman–Crippen MR) is 118 cm³/mol. The van der Waals surface area contributed by atoms with E-state index < -0.39 is 0 Å². The summed E-state index contributed by atoms with van der Waals surface area (Å²) in [5.41, 5.74) is 3.36. The standard InChI is InChI=1S/C22H26N6O2S/c1-15-4-3-11-23-20(15)14-17-5-7-19(8-6-17)30-22(29)28-12-9-18(10-13-28)16(2)31-21-24-26-27-25-21/h3-8,11,16,18H,9-10,12-14H2,1-2H3,(H,24,25,26,27). The number of carbonyl (C=O) groups excluding carboxylic acids is 1. The number of hydrogen-bond acceptors (Lipinski definition) is 7. The Kier molecular flexibility index (Phi) is 6.81. The number of ether oxygens (including phenoxy) is 1. The van der Waals surface area contributed by atoms with E-state index in [0.717, 1.165) is 30.5 Å². The van der Waals surface area contributed by atoms with Crippen molar-refractivity contribution in [2.75, 3.05) is 13.1 Å². The first-order valence-electron chi connectivity index (χ1n) is 10.4. The first-order valence-corrected chi connectivity index (χ1v) is 11.3. The lowest BCUT2D eigenvalue weighted by atomic mass is 9.94. The number of piperidine rings is 1. The van der Waals surface area contributed by atoms with Crippen LogP contribution in [0.4, 0.5) is 4.79 Å². The molecule has 9 heteroatoms. The molecule has 0 bridgehead atoms. The van der Waals surface area contributed by atoms with Crippen molar-refractivity contribution in [2.45, 2.75) is 43.5 Å². The van der Waals surface area contributed by atoms with Crippen molar-refractivity contribution in [3.63, 3.8) is 0 Å². The van der Waals surface area contributed by atoms with Crippen LogP contribution in [0.5, 0.6) is 5.75 Å². The van der Waals surface area contributed by atoms with Crippen molar-refractivity contribution in [1.82, 2.24) is 30.5 Å². The van der Waals surface area contributed by atoms with E-state index >= 15 is 0 Å². The molecule has 1 aromatic carbocycles. The summed E-state index contributed by atoms with van der Waals surface area (Å²) in [6.45, 7) is 5.62. The van der Waals surface area contributed by atoms with Crippen LogP contribution in [0.1, 0.15) is 36.6 Å². The molecule has 1 N–H and O–H groups in total. The molecule has 0 spiro atoms. The van der Waals surface area contributed by atoms with Gasteiger partial charge in [-0.15, -0.1) is 10.2 Å². The number of carbonyl (C=O) groups is 1. The van der Waals surface area contributed by atoms with Gasteiger partial charge in [-0.1, -0.05) is 36.9 Å². The van der Waals surface area contributed by atoms with Gasteiger partial charge in [0.1, 0.15) is 5.75 Å². The molecule has 0 aliphatic carbocycles. The minimum Gasteiger partial charge on any atom is -0.410 e. The molecule has 1 aliphatic rings. The quantitative estimate of drug-likeness (QED) is 0.583. The van der Waals surface area contributed by atoms with Gasteiger partial charge >= 0.3 is 6.09 Å². The number of aromatic nitrogens is 5. The maximum Gasteiger partial charge on any atom is 0.415 e. The number of H-pyrrole nitrogens is 1. The summed E-state index contributed by atoms with van der Waals surface area (Å²) < 4.78 is 5.60. The van der Waals surface area contributed by atoms with Crippen LogP contribution in [0, 0.1) is 12.8 Å². The predicted octanol–water partition coefficient (Wildman–Crippen LogP) is 3.89. The molecule has 1 atom stereocenters. The van der Waals surface area contributed by atoms with Crippen molar-refractivity contribution < 1.29 is 9.53 Å². The van der Waals surface area contributed by atoms with Crippen molar-refractivity contribution in [3.8, 4) is 5.75 Å². The number of hydrogen-bond donors (Lipinski definition) is 1. The summed E-state index contributed by atoms with van der Waals surface area (Å²) in [4.78, 5) is 18.8. The Labute approximate surface area is 185 Å². The van der Waals surface area contributed by atoms with Crippen LogP contribution in [-0.4, -0.2) is 54.9 Å². The van der Waals surface area contributed by atoms with Crippen molar-refractivity contribution >= 4 is 17.9 Å². The van der Waals surface area contributed by atoms with E-state index in [1.807, 2.05) is 36.5 Å². The Morgan fingerprint density at radius 3 is 2.71 bits per heavy atom. The zero-order valence-electron chi connectivity index (χ0n) is 17.7. The SMILES string of the molecule is Cc1cccnc1Cc1ccc(OC(=O)N2CCC(C(C)Sc3nn[nH]n3)CC2)cc1. The number of pyridine rings is 1. The van der Waals surface area contributed by atoms with Crippen molar-refractivity contribution in [3.05, 3.63) is 59.4 Å². The van der Waals surface area contributed by atoms with Gasteiger partial charge in [0.25, 0.3) is 0 Å². The smallest absolute Gasteiger partial charge is 0.410 e. The molecule has 3 heterocycles. The number of nitrogens with one attached hydrogen (secondary N) is 1. The molecule has 1 aliphatic heterocycles. The molecule has 4 rings (SSSR count). The Hall–Kier alpha value is -2.94. The lowest BCUT2D eigenvalue weighted by molar-refractivity contribution is 0.131. The summed E-state index contributed by atoms with van der Waals surface area (Å²) >= 11 is 1.62. The lowest BCUT2D eigenvalue weighted by Gasteiger charge is -2.33. The van der Waals surface area contributed by atoms with Gasteiger partial charge in [0.15, 0.2) is 0 Å². The molecule has 8 nitrogen and oxygen atoms in total. The second kappa shape index (κ2) is 9.91. The van der Waals surface area contributed by atoms with Crippen molar-refractivity contribution in [2.24, 2.45) is 5.92 Å². The Morgan fingerprint density at radius 1 is 1.26 bits per heavy atom. The molecule has 1 saturated heterocycles. The maximum absolute atomic E-state index is 12.6. The van der Waals surface area contributed by atoms with Gasteiger partial charge in [0.05, 0.1) is 0 Å². The van der Waals surface area contributed by atoms with E-state index in [9.17, 15) is 4.79 Å². The summed E-state index contributed by atoms with van der Waals surface area (Å²) in [7, 11) is 0. The minimum absolute atomic E-state index is 0.287. The van der Waals surface area contributed by atoms with Gasteiger partial charge in [-0.3, -0.25) is 4.98 Å². The number of aromatic amines is 1. The van der Waals surface area contributed by atoms with Crippen LogP contribution in [0.25, 0.3) is 0 Å². The van der Waals surface area contributed by atoms with Crippen LogP contribution >= 0.6 is 11.8 Å². The van der Waals surface area contributed by atoms with E-state index in [1.165, 1.54) is 5.56 Å². The van der Waals surface area contributed by atoms with E-state index in [1.54, 1.807) is 16.7 Å². The van der Waals surface area contributed by atoms with Gasteiger partial charge < -0.3 is 9.64 Å². The highest BCUT2D eigenvalue weighted by atomic mass is 32.2. The highest BCUT2D eigenvalue weighted by molar-refractivity contribution is 7.99. The third-order valence-electron chi connectivity index (χ3n) is 5.70. The fourth-order valence-corrected chi connectivity index (χ4v) is 4.73. The molecule has 0 radical (unpaired) electrons. The molecule has 1 amide bonds. The average molecular weight is 439 g/mol. The Morgan fingerprint density at radius 2 is 2.03 bits per heavy atom. The second-order valence-electron chi connectivity index (χ2n) is 7.80. The van der Waals surface area contributed by atoms with Crippen LogP contribution in [0.3, 0.4) is 0 Å². The molecule has 0 saturated carbocycles. The van der Waals surface area contributed by atoms with Gasteiger partial charge in [0.2, 0.25) is 5.16 Å². The normalized spacial score (nSPS) is 15.6.